The maximum atomic E-state index is 13.3. The summed E-state index contributed by atoms with van der Waals surface area (Å²) < 4.78 is 7.01. The number of rotatable bonds is 3. The predicted molar refractivity (Wildman–Crippen MR) is 117 cm³/mol. The Morgan fingerprint density at radius 3 is 2.72 bits per heavy atom. The molecule has 2 aromatic heterocycles. The smallest absolute Gasteiger partial charge is 0.338 e. The van der Waals surface area contributed by atoms with E-state index in [1.54, 1.807) is 35.8 Å². The molecule has 3 heterocycles. The standard InChI is InChI=1S/C20H14Cl2N2O3S2/c1-10-16(19(26)27-2)17(14-4-3-7-28-14)24-18(25)15(29-20(24)23-10)9-11-5-6-12(21)13(22)8-11/h3-9,17H,1-2H3. The van der Waals surface area contributed by atoms with Gasteiger partial charge in [0.05, 0.1) is 33.0 Å². The zero-order valence-electron chi connectivity index (χ0n) is 15.3. The predicted octanol–water partition coefficient (Wildman–Crippen LogP) is 3.78. The Hall–Kier alpha value is -2.19. The van der Waals surface area contributed by atoms with Crippen LogP contribution in [0.25, 0.3) is 6.08 Å². The quantitative estimate of drug-likeness (QED) is 0.554. The lowest BCUT2D eigenvalue weighted by Crippen LogP contribution is -2.39. The Balaban J connectivity index is 1.96. The molecule has 148 valence electrons. The number of thiazole rings is 1. The number of carbonyl (C=O) groups excluding carboxylic acids is 1. The summed E-state index contributed by atoms with van der Waals surface area (Å²) in [6, 6.07) is 8.37. The van der Waals surface area contributed by atoms with Crippen LogP contribution in [0.15, 0.2) is 56.8 Å². The van der Waals surface area contributed by atoms with Gasteiger partial charge in [0.2, 0.25) is 0 Å². The molecule has 1 aliphatic heterocycles. The summed E-state index contributed by atoms with van der Waals surface area (Å²) in [4.78, 5) is 31.7. The molecular formula is C20H14Cl2N2O3S2. The first-order chi connectivity index (χ1) is 13.9. The first-order valence-electron chi connectivity index (χ1n) is 8.50. The molecule has 9 heteroatoms. The molecule has 0 spiro atoms. The van der Waals surface area contributed by atoms with Gasteiger partial charge in [-0.15, -0.1) is 11.3 Å². The van der Waals surface area contributed by atoms with Crippen molar-refractivity contribution in [1.29, 1.82) is 0 Å². The molecule has 3 aromatic rings. The van der Waals surface area contributed by atoms with E-state index in [1.807, 2.05) is 17.5 Å². The largest absolute Gasteiger partial charge is 0.466 e. The van der Waals surface area contributed by atoms with Gasteiger partial charge in [-0.3, -0.25) is 9.36 Å². The highest BCUT2D eigenvalue weighted by molar-refractivity contribution is 7.10. The third-order valence-electron chi connectivity index (χ3n) is 4.48. The zero-order valence-corrected chi connectivity index (χ0v) is 18.5. The van der Waals surface area contributed by atoms with Crippen molar-refractivity contribution in [3.8, 4) is 0 Å². The van der Waals surface area contributed by atoms with Gasteiger partial charge in [-0.25, -0.2) is 9.79 Å². The van der Waals surface area contributed by atoms with Gasteiger partial charge in [0.15, 0.2) is 4.80 Å². The van der Waals surface area contributed by atoms with Gasteiger partial charge in [-0.1, -0.05) is 46.7 Å². The summed E-state index contributed by atoms with van der Waals surface area (Å²) in [5, 5.41) is 2.76. The van der Waals surface area contributed by atoms with Crippen molar-refractivity contribution in [3.05, 3.63) is 87.2 Å². The maximum absolute atomic E-state index is 13.3. The van der Waals surface area contributed by atoms with Crippen LogP contribution in [0.3, 0.4) is 0 Å². The fourth-order valence-corrected chi connectivity index (χ4v) is 5.34. The van der Waals surface area contributed by atoms with E-state index >= 15 is 0 Å². The fraction of sp³-hybridized carbons (Fsp3) is 0.150. The number of aromatic nitrogens is 1. The fourth-order valence-electron chi connectivity index (χ4n) is 3.16. The number of fused-ring (bicyclic) bond motifs is 1. The Bertz CT molecular complexity index is 1320. The van der Waals surface area contributed by atoms with Gasteiger partial charge in [-0.2, -0.15) is 0 Å². The van der Waals surface area contributed by atoms with Crippen molar-refractivity contribution in [2.24, 2.45) is 4.99 Å². The van der Waals surface area contributed by atoms with E-state index in [0.29, 0.717) is 30.6 Å². The number of ether oxygens (including phenoxy) is 1. The lowest BCUT2D eigenvalue weighted by molar-refractivity contribution is -0.136. The molecule has 0 amide bonds. The normalized spacial score (nSPS) is 16.6. The van der Waals surface area contributed by atoms with Crippen LogP contribution in [-0.4, -0.2) is 17.6 Å². The van der Waals surface area contributed by atoms with Crippen LogP contribution < -0.4 is 14.9 Å². The summed E-state index contributed by atoms with van der Waals surface area (Å²) in [7, 11) is 1.32. The minimum absolute atomic E-state index is 0.230. The number of methoxy groups -OCH3 is 1. The molecule has 0 saturated heterocycles. The highest BCUT2D eigenvalue weighted by Crippen LogP contribution is 2.33. The van der Waals surface area contributed by atoms with Gasteiger partial charge in [0.25, 0.3) is 5.56 Å². The van der Waals surface area contributed by atoms with Crippen molar-refractivity contribution in [1.82, 2.24) is 4.57 Å². The third kappa shape index (κ3) is 3.59. The van der Waals surface area contributed by atoms with Crippen molar-refractivity contribution in [2.45, 2.75) is 13.0 Å². The second kappa shape index (κ2) is 7.91. The molecular weight excluding hydrogens is 451 g/mol. The summed E-state index contributed by atoms with van der Waals surface area (Å²) in [5.41, 5.74) is 1.43. The molecule has 29 heavy (non-hydrogen) atoms. The number of halogens is 2. The highest BCUT2D eigenvalue weighted by Gasteiger charge is 2.33. The van der Waals surface area contributed by atoms with Gasteiger partial charge >= 0.3 is 5.97 Å². The molecule has 5 nitrogen and oxygen atoms in total. The van der Waals surface area contributed by atoms with E-state index in [-0.39, 0.29) is 5.56 Å². The lowest BCUT2D eigenvalue weighted by atomic mass is 10.0. The van der Waals surface area contributed by atoms with Crippen LogP contribution in [0.1, 0.15) is 23.4 Å². The number of esters is 1. The Kier molecular flexibility index (Phi) is 5.48. The van der Waals surface area contributed by atoms with Crippen LogP contribution in [0.2, 0.25) is 10.0 Å². The van der Waals surface area contributed by atoms with Crippen LogP contribution >= 0.6 is 45.9 Å². The number of hydrogen-bond acceptors (Lipinski definition) is 6. The maximum Gasteiger partial charge on any atom is 0.338 e. The van der Waals surface area contributed by atoms with E-state index < -0.39 is 12.0 Å². The summed E-state index contributed by atoms with van der Waals surface area (Å²) in [6.07, 6.45) is 1.74. The average Bonchev–Trinajstić information content (AvgIpc) is 3.32. The van der Waals surface area contributed by atoms with Crippen LogP contribution in [0.5, 0.6) is 0 Å². The molecule has 1 aromatic carbocycles. The molecule has 0 saturated carbocycles. The monoisotopic (exact) mass is 464 g/mol. The zero-order chi connectivity index (χ0) is 20.7. The molecule has 4 rings (SSSR count). The number of allylic oxidation sites excluding steroid dienone is 1. The van der Waals surface area contributed by atoms with Crippen LogP contribution in [-0.2, 0) is 9.53 Å². The van der Waals surface area contributed by atoms with Gasteiger partial charge in [0, 0.05) is 4.88 Å². The molecule has 0 aliphatic carbocycles. The summed E-state index contributed by atoms with van der Waals surface area (Å²) >= 11 is 14.8. The number of carbonyl (C=O) groups is 1. The Morgan fingerprint density at radius 1 is 1.28 bits per heavy atom. The third-order valence-corrected chi connectivity index (χ3v) is 7.13. The summed E-state index contributed by atoms with van der Waals surface area (Å²) in [5.74, 6) is -0.497. The van der Waals surface area contributed by atoms with Gasteiger partial charge < -0.3 is 4.74 Å². The molecule has 0 radical (unpaired) electrons. The van der Waals surface area contributed by atoms with Crippen molar-refractivity contribution < 1.29 is 9.53 Å². The number of nitrogens with zero attached hydrogens (tertiary/aromatic N) is 2. The van der Waals surface area contributed by atoms with E-state index in [2.05, 4.69) is 4.99 Å². The number of benzene rings is 1. The highest BCUT2D eigenvalue weighted by atomic mass is 35.5. The van der Waals surface area contributed by atoms with E-state index in [0.717, 1.165) is 10.4 Å². The van der Waals surface area contributed by atoms with Gasteiger partial charge in [-0.05, 0) is 42.1 Å². The van der Waals surface area contributed by atoms with Crippen LogP contribution in [0.4, 0.5) is 0 Å². The Labute approximate surface area is 183 Å². The second-order valence-corrected chi connectivity index (χ2v) is 9.07. The molecule has 1 atom stereocenters. The SMILES string of the molecule is COC(=O)C1=C(C)N=c2sc(=Cc3ccc(Cl)c(Cl)c3)c(=O)n2C1c1cccs1. The molecule has 1 unspecified atom stereocenters. The van der Waals surface area contributed by atoms with E-state index in [4.69, 9.17) is 27.9 Å². The first kappa shape index (κ1) is 20.1. The van der Waals surface area contributed by atoms with Crippen molar-refractivity contribution >= 4 is 57.9 Å². The molecule has 0 N–H and O–H groups in total. The van der Waals surface area contributed by atoms with Crippen molar-refractivity contribution in [2.75, 3.05) is 7.11 Å². The first-order valence-corrected chi connectivity index (χ1v) is 10.9. The average molecular weight is 465 g/mol. The van der Waals surface area contributed by atoms with Crippen LogP contribution in [0, 0.1) is 0 Å². The molecule has 1 aliphatic rings. The van der Waals surface area contributed by atoms with Gasteiger partial charge in [0.1, 0.15) is 6.04 Å². The minimum Gasteiger partial charge on any atom is -0.466 e. The van der Waals surface area contributed by atoms with Crippen molar-refractivity contribution in [3.63, 3.8) is 0 Å². The second-order valence-electron chi connectivity index (χ2n) is 6.26. The lowest BCUT2D eigenvalue weighted by Gasteiger charge is -2.22. The number of thiophene rings is 1. The topological polar surface area (TPSA) is 60.7 Å². The van der Waals surface area contributed by atoms with E-state index in [9.17, 15) is 9.59 Å². The number of hydrogen-bond donors (Lipinski definition) is 0. The summed E-state index contributed by atoms with van der Waals surface area (Å²) in [6.45, 7) is 1.75. The Morgan fingerprint density at radius 2 is 2.07 bits per heavy atom. The minimum atomic E-state index is -0.574. The van der Waals surface area contributed by atoms with E-state index in [1.165, 1.54) is 29.8 Å². The molecule has 0 fully saturated rings. The molecule has 0 bridgehead atoms.